The van der Waals surface area contributed by atoms with Crippen molar-refractivity contribution in [3.8, 4) is 5.75 Å². The third-order valence-corrected chi connectivity index (χ3v) is 8.08. The molecule has 0 aliphatic carbocycles. The van der Waals surface area contributed by atoms with Gasteiger partial charge in [0.15, 0.2) is 5.75 Å². The highest BCUT2D eigenvalue weighted by atomic mass is 32.2. The Morgan fingerprint density at radius 2 is 1.79 bits per heavy atom. The lowest BCUT2D eigenvalue weighted by atomic mass is 9.86. The fourth-order valence-electron chi connectivity index (χ4n) is 5.67. The molecule has 0 saturated carbocycles. The van der Waals surface area contributed by atoms with Crippen molar-refractivity contribution >= 4 is 27.1 Å². The molecule has 1 unspecified atom stereocenters. The van der Waals surface area contributed by atoms with Gasteiger partial charge >= 0.3 is 0 Å². The fraction of sp³-hybridized carbons (Fsp3) is 0.548. The number of ether oxygens (including phenoxy) is 1. The first-order valence-electron chi connectivity index (χ1n) is 13.8. The first-order valence-corrected chi connectivity index (χ1v) is 15.7. The number of hydrogen-bond donors (Lipinski definition) is 2. The number of sulfonamides is 1. The monoisotopic (exact) mass is 541 g/mol. The van der Waals surface area contributed by atoms with Gasteiger partial charge in [-0.15, -0.1) is 0 Å². The second-order valence-corrected chi connectivity index (χ2v) is 13.5. The van der Waals surface area contributed by atoms with Crippen molar-refractivity contribution < 1.29 is 13.2 Å². The zero-order valence-corrected chi connectivity index (χ0v) is 25.4. The van der Waals surface area contributed by atoms with E-state index in [1.165, 1.54) is 42.5 Å². The highest BCUT2D eigenvalue weighted by Gasteiger charge is 2.32. The number of methoxy groups -OCH3 is 1. The van der Waals surface area contributed by atoms with Crippen LogP contribution in [0.4, 0.5) is 17.1 Å². The average molecular weight is 542 g/mol. The third-order valence-electron chi connectivity index (χ3n) is 7.49. The van der Waals surface area contributed by atoms with Crippen molar-refractivity contribution in [1.82, 2.24) is 0 Å². The lowest BCUT2D eigenvalue weighted by molar-refractivity contribution is 0.418. The molecule has 210 valence electrons. The van der Waals surface area contributed by atoms with Crippen LogP contribution in [-0.2, 0) is 28.3 Å². The molecule has 0 amide bonds. The van der Waals surface area contributed by atoms with E-state index in [0.29, 0.717) is 23.0 Å². The van der Waals surface area contributed by atoms with Crippen molar-refractivity contribution in [3.63, 3.8) is 0 Å². The summed E-state index contributed by atoms with van der Waals surface area (Å²) in [6, 6.07) is 10.6. The van der Waals surface area contributed by atoms with Gasteiger partial charge in [0.2, 0.25) is 10.0 Å². The largest absolute Gasteiger partial charge is 0.492 e. The van der Waals surface area contributed by atoms with Crippen LogP contribution in [0.15, 0.2) is 42.6 Å². The molecule has 3 rings (SSSR count). The van der Waals surface area contributed by atoms with E-state index in [9.17, 15) is 8.42 Å². The molecule has 0 spiro atoms. The van der Waals surface area contributed by atoms with Crippen LogP contribution in [-0.4, -0.2) is 34.9 Å². The van der Waals surface area contributed by atoms with Crippen LogP contribution in [0.1, 0.15) is 77.0 Å². The Bertz CT molecular complexity index is 1240. The van der Waals surface area contributed by atoms with Crippen LogP contribution in [0.2, 0.25) is 0 Å². The molecule has 38 heavy (non-hydrogen) atoms. The van der Waals surface area contributed by atoms with Gasteiger partial charge in [-0.05, 0) is 46.6 Å². The van der Waals surface area contributed by atoms with Gasteiger partial charge < -0.3 is 15.0 Å². The van der Waals surface area contributed by atoms with E-state index in [4.69, 9.17) is 4.74 Å². The number of nitrogens with zero attached hydrogens (tertiary/aromatic N) is 1. The van der Waals surface area contributed by atoms with Gasteiger partial charge in [0.25, 0.3) is 0 Å². The summed E-state index contributed by atoms with van der Waals surface area (Å²) >= 11 is 0. The van der Waals surface area contributed by atoms with Crippen LogP contribution >= 0.6 is 0 Å². The first-order chi connectivity index (χ1) is 17.8. The number of nitrogens with one attached hydrogen (secondary N) is 2. The van der Waals surface area contributed by atoms with Crippen LogP contribution in [0, 0.1) is 5.92 Å². The summed E-state index contributed by atoms with van der Waals surface area (Å²) in [7, 11) is 0.220. The van der Waals surface area contributed by atoms with Crippen LogP contribution in [0.5, 0.6) is 5.75 Å². The second-order valence-electron chi connectivity index (χ2n) is 11.8. The smallest absolute Gasteiger partial charge is 0.229 e. The van der Waals surface area contributed by atoms with E-state index < -0.39 is 10.0 Å². The van der Waals surface area contributed by atoms with Crippen molar-refractivity contribution in [2.75, 3.05) is 35.4 Å². The Balaban J connectivity index is 1.93. The van der Waals surface area contributed by atoms with Gasteiger partial charge in [-0.3, -0.25) is 4.72 Å². The van der Waals surface area contributed by atoms with Crippen LogP contribution in [0.25, 0.3) is 0 Å². The Labute approximate surface area is 230 Å². The maximum Gasteiger partial charge on any atom is 0.229 e. The molecule has 1 aliphatic heterocycles. The van der Waals surface area contributed by atoms with Gasteiger partial charge in [-0.25, -0.2) is 8.42 Å². The van der Waals surface area contributed by atoms with Crippen LogP contribution < -0.4 is 19.7 Å². The summed E-state index contributed by atoms with van der Waals surface area (Å²) in [6.07, 6.45) is 8.06. The molecule has 2 N–H and O–H groups in total. The number of para-hydroxylation sites is 1. The molecule has 0 aromatic heterocycles. The zero-order chi connectivity index (χ0) is 28.3. The zero-order valence-electron chi connectivity index (χ0n) is 24.6. The summed E-state index contributed by atoms with van der Waals surface area (Å²) in [6.45, 7) is 15.3. The molecule has 0 fully saturated rings. The maximum atomic E-state index is 12.1. The molecule has 1 atom stereocenters. The van der Waals surface area contributed by atoms with E-state index in [1.807, 2.05) is 12.1 Å². The summed E-state index contributed by atoms with van der Waals surface area (Å²) in [5, 5.41) is 3.51. The van der Waals surface area contributed by atoms with Gasteiger partial charge in [0.05, 0.1) is 30.8 Å². The molecule has 0 radical (unpaired) electrons. The van der Waals surface area contributed by atoms with E-state index in [0.717, 1.165) is 30.4 Å². The average Bonchev–Trinajstić information content (AvgIpc) is 3.15. The van der Waals surface area contributed by atoms with Crippen molar-refractivity contribution in [2.45, 2.75) is 84.6 Å². The van der Waals surface area contributed by atoms with Crippen molar-refractivity contribution in [2.24, 2.45) is 5.92 Å². The highest BCUT2D eigenvalue weighted by Crippen LogP contribution is 2.42. The lowest BCUT2D eigenvalue weighted by Gasteiger charge is -2.29. The minimum Gasteiger partial charge on any atom is -0.492 e. The Morgan fingerprint density at radius 3 is 2.34 bits per heavy atom. The predicted molar refractivity (Wildman–Crippen MR) is 162 cm³/mol. The van der Waals surface area contributed by atoms with Gasteiger partial charge in [0.1, 0.15) is 0 Å². The number of fused-ring (bicyclic) bond motifs is 1. The quantitative estimate of drug-likeness (QED) is 0.300. The summed E-state index contributed by atoms with van der Waals surface area (Å²) < 4.78 is 32.6. The topological polar surface area (TPSA) is 70.7 Å². The summed E-state index contributed by atoms with van der Waals surface area (Å²) in [5.74, 6) is 1.15. The first kappa shape index (κ1) is 29.9. The molecule has 0 bridgehead atoms. The Kier molecular flexibility index (Phi) is 9.45. The molecular formula is C31H47N3O3S. The van der Waals surface area contributed by atoms with Crippen molar-refractivity contribution in [1.29, 1.82) is 0 Å². The van der Waals surface area contributed by atoms with Gasteiger partial charge in [0, 0.05) is 24.9 Å². The fourth-order valence-corrected chi connectivity index (χ4v) is 6.22. The molecule has 2 aromatic carbocycles. The van der Waals surface area contributed by atoms with Gasteiger partial charge in [-0.1, -0.05) is 85.1 Å². The second kappa shape index (κ2) is 12.0. The predicted octanol–water partition coefficient (Wildman–Crippen LogP) is 7.11. The molecule has 1 aliphatic rings. The van der Waals surface area contributed by atoms with Crippen LogP contribution in [0.3, 0.4) is 0 Å². The van der Waals surface area contributed by atoms with E-state index in [-0.39, 0.29) is 11.5 Å². The van der Waals surface area contributed by atoms with E-state index in [1.54, 1.807) is 7.11 Å². The Hall–Kier alpha value is -2.67. The molecule has 0 saturated heterocycles. The Morgan fingerprint density at radius 1 is 1.16 bits per heavy atom. The normalized spacial score (nSPS) is 15.5. The number of anilines is 3. The highest BCUT2D eigenvalue weighted by molar-refractivity contribution is 7.92. The van der Waals surface area contributed by atoms with E-state index in [2.05, 4.69) is 81.4 Å². The molecule has 2 aromatic rings. The number of rotatable bonds is 12. The van der Waals surface area contributed by atoms with Gasteiger partial charge in [-0.2, -0.15) is 0 Å². The standard InChI is InChI=1S/C31H47N3O3S/c1-10-13-22(14-11-2)17-23-15-12-16-24-18-28(34(7)29(23)24)21(3)32-26-19-25(31(4,5)6)20-27(30(26)37-8)33-38(9,35)36/h12,15-16,19-20,22,28,32-33H,3,10-11,13-14,17-18H2,1-2,4-9H3. The SMILES string of the molecule is C=C(Nc1cc(C(C)(C)C)cc(NS(C)(=O)=O)c1OC)C1Cc2cccc(CC(CCC)CCC)c2N1C. The minimum absolute atomic E-state index is 0.0660. The maximum absolute atomic E-state index is 12.1. The molecular weight excluding hydrogens is 494 g/mol. The molecule has 6 nitrogen and oxygen atoms in total. The third kappa shape index (κ3) is 7.04. The molecule has 1 heterocycles. The summed E-state index contributed by atoms with van der Waals surface area (Å²) in [5.41, 5.74) is 6.85. The number of hydrogen-bond acceptors (Lipinski definition) is 5. The summed E-state index contributed by atoms with van der Waals surface area (Å²) in [4.78, 5) is 2.35. The van der Waals surface area contributed by atoms with Crippen molar-refractivity contribution in [3.05, 3.63) is 59.3 Å². The van der Waals surface area contributed by atoms with E-state index >= 15 is 0 Å². The number of benzene rings is 2. The number of likely N-dealkylation sites (N-methyl/N-ethyl adjacent to an activating group) is 1. The minimum atomic E-state index is -3.49. The molecule has 7 heteroatoms. The lowest BCUT2D eigenvalue weighted by Crippen LogP contribution is -2.33.